The second-order valence-electron chi connectivity index (χ2n) is 4.71. The number of thiophene rings is 1. The van der Waals surface area contributed by atoms with Gasteiger partial charge in [-0.15, -0.1) is 11.3 Å². The van der Waals surface area contributed by atoms with Crippen LogP contribution in [0.3, 0.4) is 0 Å². The maximum absolute atomic E-state index is 5.80. The smallest absolute Gasteiger partial charge is 0.180 e. The number of hydrogen-bond acceptors (Lipinski definition) is 3. The average molecular weight is 278 g/mol. The molecule has 2 heterocycles. The zero-order valence-electron chi connectivity index (χ0n) is 11.8. The van der Waals surface area contributed by atoms with Gasteiger partial charge in [0.2, 0.25) is 0 Å². The van der Waals surface area contributed by atoms with E-state index in [0.717, 1.165) is 22.8 Å². The first-order valence-corrected chi connectivity index (χ1v) is 7.82. The molecule has 1 aromatic heterocycles. The molecule has 0 amide bonds. The van der Waals surface area contributed by atoms with Gasteiger partial charge >= 0.3 is 0 Å². The van der Waals surface area contributed by atoms with E-state index in [4.69, 9.17) is 9.47 Å². The van der Waals surface area contributed by atoms with E-state index in [2.05, 4.69) is 19.6 Å². The van der Waals surface area contributed by atoms with Crippen molar-refractivity contribution < 1.29 is 9.47 Å². The second kappa shape index (κ2) is 6.80. The molecule has 19 heavy (non-hydrogen) atoms. The lowest BCUT2D eigenvalue weighted by Crippen LogP contribution is -2.15. The summed E-state index contributed by atoms with van der Waals surface area (Å²) < 4.78 is 11.6. The van der Waals surface area contributed by atoms with E-state index >= 15 is 0 Å². The predicted octanol–water partition coefficient (Wildman–Crippen LogP) is 5.15. The third-order valence-electron chi connectivity index (χ3n) is 3.15. The van der Waals surface area contributed by atoms with Crippen molar-refractivity contribution in [1.29, 1.82) is 0 Å². The highest BCUT2D eigenvalue weighted by molar-refractivity contribution is 7.14. The third kappa shape index (κ3) is 3.21. The van der Waals surface area contributed by atoms with Crippen molar-refractivity contribution in [3.8, 4) is 11.5 Å². The van der Waals surface area contributed by atoms with Crippen LogP contribution in [0.25, 0.3) is 11.6 Å². The summed E-state index contributed by atoms with van der Waals surface area (Å²) in [7, 11) is 0. The lowest BCUT2D eigenvalue weighted by molar-refractivity contribution is 0.173. The Labute approximate surface area is 119 Å². The van der Waals surface area contributed by atoms with Crippen LogP contribution >= 0.6 is 11.3 Å². The van der Waals surface area contributed by atoms with Gasteiger partial charge < -0.3 is 9.47 Å². The van der Waals surface area contributed by atoms with Crippen molar-refractivity contribution >= 4 is 23.0 Å². The lowest BCUT2D eigenvalue weighted by atomic mass is 10.1. The van der Waals surface area contributed by atoms with Crippen LogP contribution in [-0.2, 0) is 0 Å². The first kappa shape index (κ1) is 14.2. The normalized spacial score (nSPS) is 14.0. The number of allylic oxidation sites excluding steroid dienone is 2. The summed E-state index contributed by atoms with van der Waals surface area (Å²) in [6, 6.07) is 0. The van der Waals surface area contributed by atoms with Gasteiger partial charge in [0.1, 0.15) is 13.2 Å². The molecule has 0 unspecified atom stereocenters. The Morgan fingerprint density at radius 3 is 2.68 bits per heavy atom. The highest BCUT2D eigenvalue weighted by Crippen LogP contribution is 2.48. The molecule has 0 fully saturated rings. The molecule has 0 saturated heterocycles. The van der Waals surface area contributed by atoms with Gasteiger partial charge in [-0.1, -0.05) is 32.4 Å². The van der Waals surface area contributed by atoms with Crippen molar-refractivity contribution in [3.63, 3.8) is 0 Å². The van der Waals surface area contributed by atoms with Gasteiger partial charge in [0.05, 0.1) is 9.75 Å². The molecule has 0 atom stereocenters. The van der Waals surface area contributed by atoms with E-state index in [-0.39, 0.29) is 0 Å². The first-order chi connectivity index (χ1) is 9.27. The summed E-state index contributed by atoms with van der Waals surface area (Å²) >= 11 is 1.73. The van der Waals surface area contributed by atoms with Crippen LogP contribution in [0.5, 0.6) is 11.5 Å². The van der Waals surface area contributed by atoms with Gasteiger partial charge in [0.25, 0.3) is 0 Å². The number of unbranched alkanes of at least 4 members (excludes halogenated alkanes) is 2. The second-order valence-corrected chi connectivity index (χ2v) is 5.76. The van der Waals surface area contributed by atoms with E-state index in [9.17, 15) is 0 Å². The molecule has 0 bridgehead atoms. The predicted molar refractivity (Wildman–Crippen MR) is 83.2 cm³/mol. The van der Waals surface area contributed by atoms with Gasteiger partial charge in [-0.05, 0) is 31.4 Å². The summed E-state index contributed by atoms with van der Waals surface area (Å²) in [5.74, 6) is 1.81. The molecule has 0 radical (unpaired) electrons. The largest absolute Gasteiger partial charge is 0.485 e. The Hall–Kier alpha value is -1.22. The molecule has 2 rings (SSSR count). The Bertz CT molecular complexity index is 471. The molecule has 104 valence electrons. The summed E-state index contributed by atoms with van der Waals surface area (Å²) in [5, 5.41) is 0. The Kier molecular flexibility index (Phi) is 5.08. The monoisotopic (exact) mass is 278 g/mol. The molecular weight excluding hydrogens is 256 g/mol. The minimum atomic E-state index is 0.633. The maximum atomic E-state index is 5.80. The first-order valence-electron chi connectivity index (χ1n) is 7.01. The van der Waals surface area contributed by atoms with Gasteiger partial charge in [-0.2, -0.15) is 0 Å². The number of ether oxygens (including phenoxy) is 2. The summed E-state index contributed by atoms with van der Waals surface area (Å²) in [4.78, 5) is 2.31. The van der Waals surface area contributed by atoms with Crippen LogP contribution < -0.4 is 9.47 Å². The quantitative estimate of drug-likeness (QED) is 0.670. The minimum Gasteiger partial charge on any atom is -0.485 e. The van der Waals surface area contributed by atoms with Gasteiger partial charge in [-0.3, -0.25) is 0 Å². The molecule has 0 aromatic carbocycles. The number of fused-ring (bicyclic) bond motifs is 1. The highest BCUT2D eigenvalue weighted by atomic mass is 32.1. The molecule has 0 N–H and O–H groups in total. The minimum absolute atomic E-state index is 0.633. The highest BCUT2D eigenvalue weighted by Gasteiger charge is 2.24. The standard InChI is InChI=1S/C16H22O2S/c1-4-6-7-9-12(3)16-15-14(17-10-11-18-15)13(19-16)8-5-2/h5,8H,3-4,6-7,9-11H2,1-2H3/b8-5+. The topological polar surface area (TPSA) is 18.5 Å². The molecular formula is C16H22O2S. The molecule has 1 aromatic rings. The maximum Gasteiger partial charge on any atom is 0.180 e. The lowest BCUT2D eigenvalue weighted by Gasteiger charge is -2.17. The van der Waals surface area contributed by atoms with Crippen molar-refractivity contribution in [2.75, 3.05) is 13.2 Å². The van der Waals surface area contributed by atoms with Gasteiger partial charge in [-0.25, -0.2) is 0 Å². The molecule has 0 spiro atoms. The van der Waals surface area contributed by atoms with E-state index in [1.54, 1.807) is 11.3 Å². The molecule has 3 heteroatoms. The van der Waals surface area contributed by atoms with Crippen molar-refractivity contribution in [2.24, 2.45) is 0 Å². The summed E-state index contributed by atoms with van der Waals surface area (Å²) in [6.45, 7) is 9.74. The van der Waals surface area contributed by atoms with E-state index in [0.29, 0.717) is 13.2 Å². The summed E-state index contributed by atoms with van der Waals surface area (Å²) in [5.41, 5.74) is 1.18. The van der Waals surface area contributed by atoms with Crippen LogP contribution in [0.2, 0.25) is 0 Å². The third-order valence-corrected chi connectivity index (χ3v) is 4.37. The Balaban J connectivity index is 2.22. The molecule has 0 saturated carbocycles. The van der Waals surface area contributed by atoms with E-state index in [1.165, 1.54) is 29.7 Å². The van der Waals surface area contributed by atoms with Gasteiger partial charge in [0, 0.05) is 0 Å². The number of hydrogen-bond donors (Lipinski definition) is 0. The zero-order valence-corrected chi connectivity index (χ0v) is 12.6. The van der Waals surface area contributed by atoms with Crippen LogP contribution in [-0.4, -0.2) is 13.2 Å². The van der Waals surface area contributed by atoms with E-state index < -0.39 is 0 Å². The molecule has 2 nitrogen and oxygen atoms in total. The van der Waals surface area contributed by atoms with Crippen LogP contribution in [0.15, 0.2) is 12.7 Å². The average Bonchev–Trinajstić information content (AvgIpc) is 2.79. The van der Waals surface area contributed by atoms with Crippen molar-refractivity contribution in [1.82, 2.24) is 0 Å². The van der Waals surface area contributed by atoms with Crippen LogP contribution in [0, 0.1) is 0 Å². The Morgan fingerprint density at radius 1 is 1.26 bits per heavy atom. The number of rotatable bonds is 6. The Morgan fingerprint density at radius 2 is 2.00 bits per heavy atom. The molecule has 1 aliphatic rings. The van der Waals surface area contributed by atoms with Gasteiger partial charge in [0.15, 0.2) is 11.5 Å². The summed E-state index contributed by atoms with van der Waals surface area (Å²) in [6.07, 6.45) is 8.85. The fourth-order valence-corrected chi connectivity index (χ4v) is 3.33. The zero-order chi connectivity index (χ0) is 13.7. The fraction of sp³-hybridized carbons (Fsp3) is 0.500. The van der Waals surface area contributed by atoms with Crippen molar-refractivity contribution in [2.45, 2.75) is 39.5 Å². The molecule has 1 aliphatic heterocycles. The van der Waals surface area contributed by atoms with Crippen LogP contribution in [0.1, 0.15) is 49.3 Å². The molecule has 0 aliphatic carbocycles. The van der Waals surface area contributed by atoms with E-state index in [1.807, 2.05) is 13.0 Å². The van der Waals surface area contributed by atoms with Crippen molar-refractivity contribution in [3.05, 3.63) is 22.4 Å². The van der Waals surface area contributed by atoms with Crippen LogP contribution in [0.4, 0.5) is 0 Å². The SMILES string of the molecule is C=C(CCCCC)c1sc(/C=C/C)c2c1OCCO2. The fourth-order valence-electron chi connectivity index (χ4n) is 2.17.